The van der Waals surface area contributed by atoms with Crippen molar-refractivity contribution >= 4 is 37.3 Å². The van der Waals surface area contributed by atoms with Gasteiger partial charge in [0.05, 0.1) is 23.0 Å². The lowest BCUT2D eigenvalue weighted by molar-refractivity contribution is 0.573. The molecule has 0 radical (unpaired) electrons. The van der Waals surface area contributed by atoms with Crippen molar-refractivity contribution < 1.29 is 12.8 Å². The molecule has 0 amide bonds. The zero-order chi connectivity index (χ0) is 14.8. The fourth-order valence-electron chi connectivity index (χ4n) is 1.57. The van der Waals surface area contributed by atoms with Gasteiger partial charge >= 0.3 is 0 Å². The zero-order valence-electron chi connectivity index (χ0n) is 10.6. The number of thiazole rings is 1. The van der Waals surface area contributed by atoms with Crippen molar-refractivity contribution in [1.29, 1.82) is 0 Å². The van der Waals surface area contributed by atoms with Gasteiger partial charge in [0.1, 0.15) is 5.82 Å². The van der Waals surface area contributed by atoms with Gasteiger partial charge in [-0.2, -0.15) is 0 Å². The molecule has 1 aromatic heterocycles. The fraction of sp³-hybridized carbons (Fsp3) is 0.250. The van der Waals surface area contributed by atoms with Crippen molar-refractivity contribution in [2.24, 2.45) is 0 Å². The van der Waals surface area contributed by atoms with Gasteiger partial charge in [0.25, 0.3) is 0 Å². The maximum absolute atomic E-state index is 13.6. The highest BCUT2D eigenvalue weighted by Gasteiger charge is 2.15. The van der Waals surface area contributed by atoms with E-state index in [-0.39, 0.29) is 12.1 Å². The minimum atomic E-state index is -3.60. The molecule has 4 nitrogen and oxygen atoms in total. The standard InChI is InChI=1S/C12H12BrFN2O2S2/c1-8-16-11(6-19-8)5-15-20(17,18)7-9-2-3-10(13)4-12(9)14/h2-4,6,15H,5,7H2,1H3. The fourth-order valence-corrected chi connectivity index (χ4v) is 3.63. The van der Waals surface area contributed by atoms with Gasteiger partial charge in [-0.1, -0.05) is 22.0 Å². The Balaban J connectivity index is 2.03. The van der Waals surface area contributed by atoms with Crippen LogP contribution in [0.5, 0.6) is 0 Å². The quantitative estimate of drug-likeness (QED) is 0.869. The highest BCUT2D eigenvalue weighted by molar-refractivity contribution is 9.10. The monoisotopic (exact) mass is 378 g/mol. The Labute approximate surface area is 129 Å². The summed E-state index contributed by atoms with van der Waals surface area (Å²) in [5, 5.41) is 2.66. The maximum atomic E-state index is 13.6. The van der Waals surface area contributed by atoms with Crippen molar-refractivity contribution in [2.75, 3.05) is 0 Å². The Morgan fingerprint density at radius 3 is 2.80 bits per heavy atom. The number of hydrogen-bond donors (Lipinski definition) is 1. The van der Waals surface area contributed by atoms with E-state index in [0.29, 0.717) is 10.2 Å². The Bertz CT molecular complexity index is 716. The van der Waals surface area contributed by atoms with Crippen molar-refractivity contribution in [1.82, 2.24) is 9.71 Å². The average molecular weight is 379 g/mol. The van der Waals surface area contributed by atoms with Crippen LogP contribution in [0.2, 0.25) is 0 Å². The van der Waals surface area contributed by atoms with Gasteiger partial charge in [0, 0.05) is 15.4 Å². The first-order valence-electron chi connectivity index (χ1n) is 5.68. The van der Waals surface area contributed by atoms with Crippen LogP contribution in [-0.4, -0.2) is 13.4 Å². The number of hydrogen-bond acceptors (Lipinski definition) is 4. The third-order valence-corrected chi connectivity index (χ3v) is 5.09. The summed E-state index contributed by atoms with van der Waals surface area (Å²) < 4.78 is 40.4. The van der Waals surface area contributed by atoms with Crippen LogP contribution in [0, 0.1) is 12.7 Å². The zero-order valence-corrected chi connectivity index (χ0v) is 13.8. The van der Waals surface area contributed by atoms with Gasteiger partial charge in [-0.25, -0.2) is 22.5 Å². The van der Waals surface area contributed by atoms with Crippen LogP contribution < -0.4 is 4.72 Å². The maximum Gasteiger partial charge on any atom is 0.216 e. The summed E-state index contributed by atoms with van der Waals surface area (Å²) in [7, 11) is -3.60. The molecule has 0 aliphatic heterocycles. The summed E-state index contributed by atoms with van der Waals surface area (Å²) in [6, 6.07) is 4.30. The number of benzene rings is 1. The minimum Gasteiger partial charge on any atom is -0.245 e. The van der Waals surface area contributed by atoms with E-state index in [1.165, 1.54) is 23.5 Å². The van der Waals surface area contributed by atoms with Crippen molar-refractivity contribution in [3.05, 3.63) is 50.1 Å². The molecule has 1 heterocycles. The molecular weight excluding hydrogens is 367 g/mol. The van der Waals surface area contributed by atoms with Crippen LogP contribution in [0.1, 0.15) is 16.3 Å². The molecule has 108 valence electrons. The molecule has 0 unspecified atom stereocenters. The normalized spacial score (nSPS) is 11.8. The molecule has 0 atom stereocenters. The second kappa shape index (κ2) is 6.30. The summed E-state index contributed by atoms with van der Waals surface area (Å²) in [5.41, 5.74) is 0.794. The van der Waals surface area contributed by atoms with E-state index in [4.69, 9.17) is 0 Å². The first-order chi connectivity index (χ1) is 9.35. The van der Waals surface area contributed by atoms with E-state index in [1.54, 1.807) is 11.4 Å². The second-order valence-corrected chi connectivity index (χ2v) is 7.96. The summed E-state index contributed by atoms with van der Waals surface area (Å²) in [6.07, 6.45) is 0. The van der Waals surface area contributed by atoms with Crippen LogP contribution in [0.3, 0.4) is 0 Å². The number of rotatable bonds is 5. The van der Waals surface area contributed by atoms with Gasteiger partial charge in [-0.15, -0.1) is 11.3 Å². The van der Waals surface area contributed by atoms with E-state index < -0.39 is 21.6 Å². The third kappa shape index (κ3) is 4.34. The molecule has 0 saturated carbocycles. The first-order valence-corrected chi connectivity index (χ1v) is 9.00. The van der Waals surface area contributed by atoms with Crippen LogP contribution in [0.25, 0.3) is 0 Å². The van der Waals surface area contributed by atoms with Crippen LogP contribution >= 0.6 is 27.3 Å². The van der Waals surface area contributed by atoms with E-state index in [0.717, 1.165) is 5.01 Å². The number of nitrogens with zero attached hydrogens (tertiary/aromatic N) is 1. The number of aryl methyl sites for hydroxylation is 1. The Morgan fingerprint density at radius 1 is 1.45 bits per heavy atom. The van der Waals surface area contributed by atoms with Crippen molar-refractivity contribution in [2.45, 2.75) is 19.2 Å². The molecule has 2 rings (SSSR count). The Kier molecular flexibility index (Phi) is 4.90. The summed E-state index contributed by atoms with van der Waals surface area (Å²) in [4.78, 5) is 4.16. The lowest BCUT2D eigenvalue weighted by atomic mass is 10.2. The van der Waals surface area contributed by atoms with Crippen LogP contribution in [-0.2, 0) is 22.3 Å². The van der Waals surface area contributed by atoms with Crippen molar-refractivity contribution in [3.63, 3.8) is 0 Å². The number of halogens is 2. The molecule has 0 fully saturated rings. The molecule has 1 aromatic carbocycles. The SMILES string of the molecule is Cc1nc(CNS(=O)(=O)Cc2ccc(Br)cc2F)cs1. The number of aromatic nitrogens is 1. The summed E-state index contributed by atoms with van der Waals surface area (Å²) in [6.45, 7) is 1.96. The van der Waals surface area contributed by atoms with Gasteiger partial charge in [0.2, 0.25) is 10.0 Å². The smallest absolute Gasteiger partial charge is 0.216 e. The van der Waals surface area contributed by atoms with Gasteiger partial charge in [0.15, 0.2) is 0 Å². The molecular formula is C12H12BrFN2O2S2. The van der Waals surface area contributed by atoms with Gasteiger partial charge in [-0.3, -0.25) is 0 Å². The highest BCUT2D eigenvalue weighted by atomic mass is 79.9. The molecule has 0 aliphatic rings. The molecule has 20 heavy (non-hydrogen) atoms. The lowest BCUT2D eigenvalue weighted by Crippen LogP contribution is -2.25. The molecule has 1 N–H and O–H groups in total. The van der Waals surface area contributed by atoms with Gasteiger partial charge in [-0.05, 0) is 19.1 Å². The molecule has 2 aromatic rings. The molecule has 0 bridgehead atoms. The van der Waals surface area contributed by atoms with Gasteiger partial charge < -0.3 is 0 Å². The molecule has 0 spiro atoms. The van der Waals surface area contributed by atoms with Crippen LogP contribution in [0.4, 0.5) is 4.39 Å². The summed E-state index contributed by atoms with van der Waals surface area (Å²) in [5.74, 6) is -0.941. The molecule has 0 aliphatic carbocycles. The topological polar surface area (TPSA) is 59.1 Å². The predicted octanol–water partition coefficient (Wildman–Crippen LogP) is 2.97. The number of sulfonamides is 1. The summed E-state index contributed by atoms with van der Waals surface area (Å²) >= 11 is 4.58. The first kappa shape index (κ1) is 15.6. The van der Waals surface area contributed by atoms with Crippen molar-refractivity contribution in [3.8, 4) is 0 Å². The largest absolute Gasteiger partial charge is 0.245 e. The molecule has 8 heteroatoms. The third-order valence-electron chi connectivity index (χ3n) is 2.50. The van der Waals surface area contributed by atoms with Crippen LogP contribution in [0.15, 0.2) is 28.1 Å². The van der Waals surface area contributed by atoms with E-state index in [1.807, 2.05) is 6.92 Å². The Hall–Kier alpha value is -0.830. The predicted molar refractivity (Wildman–Crippen MR) is 80.4 cm³/mol. The molecule has 0 saturated heterocycles. The van der Waals surface area contributed by atoms with E-state index in [2.05, 4.69) is 25.6 Å². The van der Waals surface area contributed by atoms with E-state index >= 15 is 0 Å². The number of nitrogens with one attached hydrogen (secondary N) is 1. The highest BCUT2D eigenvalue weighted by Crippen LogP contribution is 2.17. The average Bonchev–Trinajstić information content (AvgIpc) is 2.77. The lowest BCUT2D eigenvalue weighted by Gasteiger charge is -2.06. The van der Waals surface area contributed by atoms with E-state index in [9.17, 15) is 12.8 Å². The minimum absolute atomic E-state index is 0.116. The Morgan fingerprint density at radius 2 is 2.20 bits per heavy atom. The second-order valence-electron chi connectivity index (χ2n) is 4.17.